The van der Waals surface area contributed by atoms with E-state index in [0.717, 1.165) is 64.5 Å². The Kier molecular flexibility index (Phi) is 5.96. The SMILES string of the molecule is CCN1CCN(C(=O)CC2CCN(c3cc(Cl)nc(N)n3)CC2)CC1. The summed E-state index contributed by atoms with van der Waals surface area (Å²) in [6, 6.07) is 1.75. The number of carbonyl (C=O) groups is 1. The Labute approximate surface area is 154 Å². The molecule has 0 aromatic carbocycles. The van der Waals surface area contributed by atoms with Gasteiger partial charge in [0.15, 0.2) is 0 Å². The molecule has 0 saturated carbocycles. The number of likely N-dealkylation sites (N-methyl/N-ethyl adjacent to an activating group) is 1. The first-order chi connectivity index (χ1) is 12.0. The lowest BCUT2D eigenvalue weighted by atomic mass is 9.93. The Balaban J connectivity index is 1.47. The number of hydrogen-bond acceptors (Lipinski definition) is 6. The number of rotatable bonds is 4. The zero-order valence-corrected chi connectivity index (χ0v) is 15.6. The molecule has 2 N–H and O–H groups in total. The van der Waals surface area contributed by atoms with Crippen molar-refractivity contribution in [2.45, 2.75) is 26.2 Å². The van der Waals surface area contributed by atoms with Gasteiger partial charge in [0, 0.05) is 51.8 Å². The summed E-state index contributed by atoms with van der Waals surface area (Å²) in [7, 11) is 0. The number of anilines is 2. The topological polar surface area (TPSA) is 78.6 Å². The molecule has 2 saturated heterocycles. The van der Waals surface area contributed by atoms with Crippen LogP contribution in [0.25, 0.3) is 0 Å². The van der Waals surface area contributed by atoms with E-state index in [1.54, 1.807) is 6.07 Å². The molecule has 0 atom stereocenters. The molecule has 2 fully saturated rings. The maximum absolute atomic E-state index is 12.5. The van der Waals surface area contributed by atoms with E-state index in [9.17, 15) is 4.79 Å². The Morgan fingerprint density at radius 1 is 1.20 bits per heavy atom. The van der Waals surface area contributed by atoms with Crippen LogP contribution in [0.3, 0.4) is 0 Å². The summed E-state index contributed by atoms with van der Waals surface area (Å²) in [5, 5.41) is 0.367. The van der Waals surface area contributed by atoms with Gasteiger partial charge in [-0.05, 0) is 25.3 Å². The molecule has 25 heavy (non-hydrogen) atoms. The molecule has 1 amide bonds. The Hall–Kier alpha value is -1.60. The molecule has 0 radical (unpaired) electrons. The van der Waals surface area contributed by atoms with Crippen molar-refractivity contribution in [2.75, 3.05) is 56.4 Å². The molecular weight excluding hydrogens is 340 g/mol. The maximum Gasteiger partial charge on any atom is 0.223 e. The van der Waals surface area contributed by atoms with E-state index in [-0.39, 0.29) is 5.95 Å². The number of amides is 1. The van der Waals surface area contributed by atoms with Crippen LogP contribution in [0.2, 0.25) is 5.15 Å². The van der Waals surface area contributed by atoms with E-state index in [1.807, 2.05) is 4.90 Å². The van der Waals surface area contributed by atoms with Gasteiger partial charge in [-0.3, -0.25) is 4.79 Å². The number of carbonyl (C=O) groups excluding carboxylic acids is 1. The largest absolute Gasteiger partial charge is 0.368 e. The summed E-state index contributed by atoms with van der Waals surface area (Å²) in [6.07, 6.45) is 2.64. The molecular formula is C17H27ClN6O. The first kappa shape index (κ1) is 18.2. The average molecular weight is 367 g/mol. The molecule has 0 aliphatic carbocycles. The highest BCUT2D eigenvalue weighted by Crippen LogP contribution is 2.26. The van der Waals surface area contributed by atoms with Crippen molar-refractivity contribution in [3.63, 3.8) is 0 Å². The van der Waals surface area contributed by atoms with Gasteiger partial charge >= 0.3 is 0 Å². The fraction of sp³-hybridized carbons (Fsp3) is 0.706. The van der Waals surface area contributed by atoms with Crippen LogP contribution in [0.1, 0.15) is 26.2 Å². The fourth-order valence-electron chi connectivity index (χ4n) is 3.64. The number of piperidine rings is 1. The average Bonchev–Trinajstić information content (AvgIpc) is 2.61. The summed E-state index contributed by atoms with van der Waals surface area (Å²) < 4.78 is 0. The molecule has 0 spiro atoms. The van der Waals surface area contributed by atoms with E-state index in [1.165, 1.54) is 0 Å². The van der Waals surface area contributed by atoms with Gasteiger partial charge in [-0.15, -0.1) is 0 Å². The first-order valence-electron chi connectivity index (χ1n) is 9.10. The van der Waals surface area contributed by atoms with Crippen molar-refractivity contribution in [3.05, 3.63) is 11.2 Å². The minimum absolute atomic E-state index is 0.200. The third-order valence-corrected chi connectivity index (χ3v) is 5.47. The lowest BCUT2D eigenvalue weighted by Crippen LogP contribution is -2.49. The Bertz CT molecular complexity index is 577. The molecule has 1 aromatic heterocycles. The van der Waals surface area contributed by atoms with E-state index in [2.05, 4.69) is 26.7 Å². The van der Waals surface area contributed by atoms with Gasteiger partial charge in [-0.1, -0.05) is 18.5 Å². The van der Waals surface area contributed by atoms with Crippen LogP contribution in [0.5, 0.6) is 0 Å². The van der Waals surface area contributed by atoms with Crippen LogP contribution in [0.15, 0.2) is 6.07 Å². The predicted octanol–water partition coefficient (Wildman–Crippen LogP) is 1.48. The normalized spacial score (nSPS) is 20.1. The molecule has 0 bridgehead atoms. The zero-order valence-electron chi connectivity index (χ0n) is 14.8. The van der Waals surface area contributed by atoms with Gasteiger partial charge in [0.1, 0.15) is 11.0 Å². The molecule has 2 aliphatic rings. The van der Waals surface area contributed by atoms with E-state index in [4.69, 9.17) is 17.3 Å². The molecule has 8 heteroatoms. The van der Waals surface area contributed by atoms with Crippen LogP contribution in [-0.2, 0) is 4.79 Å². The minimum atomic E-state index is 0.200. The van der Waals surface area contributed by atoms with Crippen molar-refractivity contribution in [1.29, 1.82) is 0 Å². The second-order valence-electron chi connectivity index (χ2n) is 6.86. The highest BCUT2D eigenvalue weighted by atomic mass is 35.5. The van der Waals surface area contributed by atoms with Crippen LogP contribution >= 0.6 is 11.6 Å². The maximum atomic E-state index is 12.5. The number of nitrogen functional groups attached to an aromatic ring is 1. The third-order valence-electron chi connectivity index (χ3n) is 5.27. The quantitative estimate of drug-likeness (QED) is 0.813. The van der Waals surface area contributed by atoms with Gasteiger partial charge in [0.05, 0.1) is 0 Å². The number of aromatic nitrogens is 2. The van der Waals surface area contributed by atoms with Crippen molar-refractivity contribution < 1.29 is 4.79 Å². The Morgan fingerprint density at radius 2 is 1.88 bits per heavy atom. The lowest BCUT2D eigenvalue weighted by Gasteiger charge is -2.36. The predicted molar refractivity (Wildman–Crippen MR) is 99.7 cm³/mol. The lowest BCUT2D eigenvalue weighted by molar-refractivity contribution is -0.134. The number of nitrogens with two attached hydrogens (primary N) is 1. The molecule has 3 rings (SSSR count). The van der Waals surface area contributed by atoms with Gasteiger partial charge in [0.25, 0.3) is 0 Å². The van der Waals surface area contributed by atoms with Crippen LogP contribution in [0.4, 0.5) is 11.8 Å². The van der Waals surface area contributed by atoms with Crippen molar-refractivity contribution in [3.8, 4) is 0 Å². The molecule has 1 aromatic rings. The number of halogens is 1. The van der Waals surface area contributed by atoms with Gasteiger partial charge in [0.2, 0.25) is 11.9 Å². The molecule has 0 unspecified atom stereocenters. The van der Waals surface area contributed by atoms with Gasteiger partial charge in [-0.2, -0.15) is 4.98 Å². The molecule has 3 heterocycles. The smallest absolute Gasteiger partial charge is 0.223 e. The van der Waals surface area contributed by atoms with E-state index < -0.39 is 0 Å². The number of piperazine rings is 1. The van der Waals surface area contributed by atoms with Crippen LogP contribution < -0.4 is 10.6 Å². The minimum Gasteiger partial charge on any atom is -0.368 e. The summed E-state index contributed by atoms with van der Waals surface area (Å²) in [4.78, 5) is 27.3. The van der Waals surface area contributed by atoms with E-state index >= 15 is 0 Å². The highest BCUT2D eigenvalue weighted by Gasteiger charge is 2.26. The summed E-state index contributed by atoms with van der Waals surface area (Å²) >= 11 is 5.96. The van der Waals surface area contributed by atoms with E-state index in [0.29, 0.717) is 23.4 Å². The van der Waals surface area contributed by atoms with Crippen molar-refractivity contribution in [1.82, 2.24) is 19.8 Å². The molecule has 138 valence electrons. The molecule has 7 nitrogen and oxygen atoms in total. The standard InChI is InChI=1S/C17H27ClN6O/c1-2-22-7-9-24(10-8-22)16(25)11-13-3-5-23(6-4-13)15-12-14(18)20-17(19)21-15/h12-13H,2-11H2,1H3,(H2,19,20,21). The number of nitrogens with zero attached hydrogens (tertiary/aromatic N) is 5. The summed E-state index contributed by atoms with van der Waals surface area (Å²) in [5.41, 5.74) is 5.67. The second-order valence-corrected chi connectivity index (χ2v) is 7.24. The first-order valence-corrected chi connectivity index (χ1v) is 9.48. The monoisotopic (exact) mass is 366 g/mol. The molecule has 2 aliphatic heterocycles. The zero-order chi connectivity index (χ0) is 17.8. The van der Waals surface area contributed by atoms with Crippen LogP contribution in [-0.4, -0.2) is 71.5 Å². The highest BCUT2D eigenvalue weighted by molar-refractivity contribution is 6.29. The summed E-state index contributed by atoms with van der Waals surface area (Å²) in [5.74, 6) is 1.73. The second kappa shape index (κ2) is 8.19. The van der Waals surface area contributed by atoms with Crippen molar-refractivity contribution >= 4 is 29.3 Å². The van der Waals surface area contributed by atoms with Crippen LogP contribution in [0, 0.1) is 5.92 Å². The summed E-state index contributed by atoms with van der Waals surface area (Å²) in [6.45, 7) is 8.70. The number of hydrogen-bond donors (Lipinski definition) is 1. The van der Waals surface area contributed by atoms with Gasteiger partial charge < -0.3 is 20.4 Å². The van der Waals surface area contributed by atoms with Gasteiger partial charge in [-0.25, -0.2) is 4.98 Å². The third kappa shape index (κ3) is 4.73. The Morgan fingerprint density at radius 3 is 2.48 bits per heavy atom. The van der Waals surface area contributed by atoms with Crippen molar-refractivity contribution in [2.24, 2.45) is 5.92 Å². The fourth-order valence-corrected chi connectivity index (χ4v) is 3.82.